The molecule has 0 bridgehead atoms. The van der Waals surface area contributed by atoms with Crippen molar-refractivity contribution in [3.8, 4) is 5.75 Å². The zero-order valence-electron chi connectivity index (χ0n) is 25.0. The van der Waals surface area contributed by atoms with Crippen LogP contribution >= 0.6 is 0 Å². The number of nitrogens with one attached hydrogen (secondary N) is 1. The van der Waals surface area contributed by atoms with Gasteiger partial charge in [-0.15, -0.1) is 0 Å². The minimum absolute atomic E-state index is 0.223. The van der Waals surface area contributed by atoms with Crippen molar-refractivity contribution in [3.63, 3.8) is 0 Å². The Morgan fingerprint density at radius 3 is 2.41 bits per heavy atom. The lowest BCUT2D eigenvalue weighted by Gasteiger charge is -2.39. The number of benzene rings is 4. The van der Waals surface area contributed by atoms with E-state index in [0.717, 1.165) is 40.8 Å². The number of ketones is 2. The summed E-state index contributed by atoms with van der Waals surface area (Å²) >= 11 is 0. The van der Waals surface area contributed by atoms with Crippen molar-refractivity contribution in [2.24, 2.45) is 5.92 Å². The lowest BCUT2D eigenvalue weighted by atomic mass is 9.64. The van der Waals surface area contributed by atoms with Crippen LogP contribution < -0.4 is 15.0 Å². The molecule has 0 unspecified atom stereocenters. The number of rotatable bonds is 7. The van der Waals surface area contributed by atoms with Gasteiger partial charge in [-0.05, 0) is 54.3 Å². The van der Waals surface area contributed by atoms with Crippen molar-refractivity contribution in [3.05, 3.63) is 131 Å². The first-order valence-electron chi connectivity index (χ1n) is 15.2. The Balaban J connectivity index is 1.51. The normalized spacial score (nSPS) is 23.0. The number of anilines is 2. The van der Waals surface area contributed by atoms with E-state index in [-0.39, 0.29) is 17.5 Å². The smallest absolute Gasteiger partial charge is 0.238 e. The number of amides is 1. The van der Waals surface area contributed by atoms with Gasteiger partial charge in [0.15, 0.2) is 11.6 Å². The number of carbonyl (C=O) groups excluding carboxylic acids is 3. The van der Waals surface area contributed by atoms with Crippen LogP contribution in [0.25, 0.3) is 5.57 Å². The van der Waals surface area contributed by atoms with E-state index < -0.39 is 23.4 Å². The SMILES string of the molecule is CCCc1ccc(C(=O)[C@@H]2[C@H](C(=O)c3cccc(OC)c3)N3c4ccccc4C(C)=C[C@H]3[C@]23C(=O)Nc2ccccc23)cc1. The fourth-order valence-corrected chi connectivity index (χ4v) is 7.64. The molecule has 0 radical (unpaired) electrons. The number of para-hydroxylation sites is 2. The quantitative estimate of drug-likeness (QED) is 0.240. The van der Waals surface area contributed by atoms with Crippen molar-refractivity contribution in [1.29, 1.82) is 0 Å². The van der Waals surface area contributed by atoms with Gasteiger partial charge >= 0.3 is 0 Å². The molecule has 4 aromatic carbocycles. The molecule has 1 fully saturated rings. The van der Waals surface area contributed by atoms with Gasteiger partial charge in [-0.2, -0.15) is 0 Å². The van der Waals surface area contributed by atoms with Gasteiger partial charge in [0.05, 0.1) is 19.1 Å². The number of hydrogen-bond donors (Lipinski definition) is 1. The molecule has 4 aromatic rings. The molecule has 6 heteroatoms. The zero-order valence-corrected chi connectivity index (χ0v) is 25.0. The van der Waals surface area contributed by atoms with Gasteiger partial charge in [0.25, 0.3) is 0 Å². The first-order valence-corrected chi connectivity index (χ1v) is 15.2. The number of carbonyl (C=O) groups is 3. The second kappa shape index (κ2) is 10.6. The monoisotopic (exact) mass is 582 g/mol. The number of methoxy groups -OCH3 is 1. The molecule has 0 saturated carbocycles. The highest BCUT2D eigenvalue weighted by Crippen LogP contribution is 2.58. The molecule has 6 nitrogen and oxygen atoms in total. The van der Waals surface area contributed by atoms with Gasteiger partial charge in [0.1, 0.15) is 17.2 Å². The fraction of sp³-hybridized carbons (Fsp3) is 0.237. The third-order valence-corrected chi connectivity index (χ3v) is 9.57. The standard InChI is InChI=1S/C38H34N2O4/c1-4-10-24-17-19-25(20-18-24)35(41)33-34(36(42)26-11-9-12-27(22-26)44-3)40-31-16-8-5-13-28(31)23(2)21-32(40)38(33)29-14-6-7-15-30(29)39-37(38)43/h5-9,11-22,32-34H,4,10H2,1-3H3,(H,39,43)/t32-,33-,34+,38-/m0/s1. The fourth-order valence-electron chi connectivity index (χ4n) is 7.64. The number of aryl methyl sites for hydroxylation is 1. The van der Waals surface area contributed by atoms with E-state index in [0.29, 0.717) is 22.6 Å². The van der Waals surface area contributed by atoms with E-state index in [2.05, 4.69) is 18.3 Å². The van der Waals surface area contributed by atoms with Crippen LogP contribution in [0.2, 0.25) is 0 Å². The minimum atomic E-state index is -1.34. The Bertz CT molecular complexity index is 1840. The lowest BCUT2D eigenvalue weighted by molar-refractivity contribution is -0.121. The Kier molecular flexibility index (Phi) is 6.73. The van der Waals surface area contributed by atoms with Gasteiger partial charge < -0.3 is 15.0 Å². The minimum Gasteiger partial charge on any atom is -0.497 e. The second-order valence-electron chi connectivity index (χ2n) is 11.9. The van der Waals surface area contributed by atoms with Crippen LogP contribution in [0.3, 0.4) is 0 Å². The molecule has 1 amide bonds. The van der Waals surface area contributed by atoms with Crippen LogP contribution in [0, 0.1) is 5.92 Å². The first-order chi connectivity index (χ1) is 21.4. The molecule has 3 aliphatic heterocycles. The van der Waals surface area contributed by atoms with E-state index in [1.807, 2.05) is 84.6 Å². The largest absolute Gasteiger partial charge is 0.497 e. The Morgan fingerprint density at radius 2 is 1.64 bits per heavy atom. The highest BCUT2D eigenvalue weighted by molar-refractivity contribution is 6.18. The van der Waals surface area contributed by atoms with E-state index in [4.69, 9.17) is 4.74 Å². The molecule has 3 aliphatic rings. The molecule has 1 spiro atoms. The molecule has 1 N–H and O–H groups in total. The van der Waals surface area contributed by atoms with Crippen LogP contribution in [0.5, 0.6) is 5.75 Å². The van der Waals surface area contributed by atoms with Gasteiger partial charge in [-0.25, -0.2) is 0 Å². The van der Waals surface area contributed by atoms with Gasteiger partial charge in [-0.1, -0.05) is 92.2 Å². The lowest BCUT2D eigenvalue weighted by Crippen LogP contribution is -2.51. The summed E-state index contributed by atoms with van der Waals surface area (Å²) in [5.41, 5.74) is 4.95. The molecular formula is C38H34N2O4. The van der Waals surface area contributed by atoms with Gasteiger partial charge in [0, 0.05) is 28.1 Å². The second-order valence-corrected chi connectivity index (χ2v) is 11.9. The van der Waals surface area contributed by atoms with Crippen LogP contribution in [0.15, 0.2) is 103 Å². The molecule has 220 valence electrons. The van der Waals surface area contributed by atoms with E-state index in [9.17, 15) is 9.59 Å². The molecule has 0 aromatic heterocycles. The summed E-state index contributed by atoms with van der Waals surface area (Å²) in [6.07, 6.45) is 3.98. The number of nitrogens with zero attached hydrogens (tertiary/aromatic N) is 1. The molecule has 1 saturated heterocycles. The van der Waals surface area contributed by atoms with Crippen LogP contribution in [-0.2, 0) is 16.6 Å². The maximum absolute atomic E-state index is 15.0. The van der Waals surface area contributed by atoms with Crippen LogP contribution in [-0.4, -0.2) is 36.7 Å². The number of hydrogen-bond acceptors (Lipinski definition) is 5. The molecule has 3 heterocycles. The summed E-state index contributed by atoms with van der Waals surface area (Å²) in [4.78, 5) is 46.5. The van der Waals surface area contributed by atoms with E-state index >= 15 is 4.79 Å². The highest BCUT2D eigenvalue weighted by atomic mass is 16.5. The summed E-state index contributed by atoms with van der Waals surface area (Å²) < 4.78 is 5.47. The topological polar surface area (TPSA) is 75.7 Å². The van der Waals surface area contributed by atoms with Crippen molar-refractivity contribution in [2.45, 2.75) is 44.2 Å². The Hall–Kier alpha value is -4.97. The first kappa shape index (κ1) is 27.8. The number of allylic oxidation sites excluding steroid dienone is 1. The maximum Gasteiger partial charge on any atom is 0.238 e. The maximum atomic E-state index is 15.0. The molecule has 4 atom stereocenters. The van der Waals surface area contributed by atoms with Crippen LogP contribution in [0.4, 0.5) is 11.4 Å². The van der Waals surface area contributed by atoms with E-state index in [1.165, 1.54) is 0 Å². The highest BCUT2D eigenvalue weighted by Gasteiger charge is 2.70. The molecule has 7 rings (SSSR count). The Morgan fingerprint density at radius 1 is 0.886 bits per heavy atom. The summed E-state index contributed by atoms with van der Waals surface area (Å²) in [6.45, 7) is 4.15. The average Bonchev–Trinajstić information content (AvgIpc) is 3.53. The molecular weight excluding hydrogens is 548 g/mol. The number of ether oxygens (including phenoxy) is 1. The van der Waals surface area contributed by atoms with Crippen molar-refractivity contribution in [1.82, 2.24) is 0 Å². The third-order valence-electron chi connectivity index (χ3n) is 9.57. The summed E-state index contributed by atoms with van der Waals surface area (Å²) in [5.74, 6) is -1.18. The third kappa shape index (κ3) is 3.97. The predicted molar refractivity (Wildman–Crippen MR) is 172 cm³/mol. The number of Topliss-reactive ketones (excluding diaryl/α,β-unsaturated/α-hetero) is 2. The molecule has 44 heavy (non-hydrogen) atoms. The summed E-state index contributed by atoms with van der Waals surface area (Å²) in [7, 11) is 1.56. The van der Waals surface area contributed by atoms with E-state index in [1.54, 1.807) is 31.4 Å². The summed E-state index contributed by atoms with van der Waals surface area (Å²) in [5, 5.41) is 3.10. The summed E-state index contributed by atoms with van der Waals surface area (Å²) in [6, 6.07) is 28.7. The Labute approximate surface area is 257 Å². The van der Waals surface area contributed by atoms with Crippen LogP contribution in [0.1, 0.15) is 57.7 Å². The molecule has 0 aliphatic carbocycles. The van der Waals surface area contributed by atoms with Crippen molar-refractivity contribution < 1.29 is 19.1 Å². The predicted octanol–water partition coefficient (Wildman–Crippen LogP) is 6.89. The zero-order chi connectivity index (χ0) is 30.6. The van der Waals surface area contributed by atoms with Gasteiger partial charge in [-0.3, -0.25) is 14.4 Å². The number of fused-ring (bicyclic) bond motifs is 6. The van der Waals surface area contributed by atoms with Gasteiger partial charge in [0.2, 0.25) is 5.91 Å². The average molecular weight is 583 g/mol. The van der Waals surface area contributed by atoms with Crippen molar-refractivity contribution in [2.75, 3.05) is 17.3 Å². The van der Waals surface area contributed by atoms with Crippen molar-refractivity contribution >= 4 is 34.4 Å².